The number of thiophene rings is 1. The molecule has 5 rings (SSSR count). The highest BCUT2D eigenvalue weighted by Gasteiger charge is 2.54. The van der Waals surface area contributed by atoms with E-state index in [1.165, 1.54) is 24.2 Å². The molecule has 1 aliphatic carbocycles. The van der Waals surface area contributed by atoms with E-state index in [1.807, 2.05) is 41.5 Å². The molecular formula is C24H30N4O2S. The maximum atomic E-state index is 13.6. The van der Waals surface area contributed by atoms with Gasteiger partial charge in [-0.25, -0.2) is 4.98 Å². The Morgan fingerprint density at radius 2 is 2.13 bits per heavy atom. The third kappa shape index (κ3) is 3.95. The van der Waals surface area contributed by atoms with E-state index in [4.69, 9.17) is 0 Å². The smallest absolute Gasteiger partial charge is 0.264 e. The average molecular weight is 439 g/mol. The molecule has 1 saturated carbocycles. The van der Waals surface area contributed by atoms with Gasteiger partial charge in [0, 0.05) is 44.8 Å². The van der Waals surface area contributed by atoms with Crippen molar-refractivity contribution in [1.82, 2.24) is 15.2 Å². The number of carbonyl (C=O) groups is 2. The number of fused-ring (bicyclic) bond motifs is 1. The molecule has 3 aliphatic rings. The Kier molecular flexibility index (Phi) is 5.46. The summed E-state index contributed by atoms with van der Waals surface area (Å²) in [6, 6.07) is 7.92. The van der Waals surface area contributed by atoms with E-state index >= 15 is 0 Å². The molecule has 1 N–H and O–H groups in total. The second-order valence-corrected chi connectivity index (χ2v) is 10.3. The number of anilines is 1. The van der Waals surface area contributed by atoms with Crippen LogP contribution < -0.4 is 10.2 Å². The van der Waals surface area contributed by atoms with Crippen molar-refractivity contribution in [3.05, 3.63) is 46.3 Å². The largest absolute Gasteiger partial charge is 0.355 e. The Bertz CT molecular complexity index is 957. The van der Waals surface area contributed by atoms with E-state index < -0.39 is 5.41 Å². The predicted octanol–water partition coefficient (Wildman–Crippen LogP) is 3.34. The predicted molar refractivity (Wildman–Crippen MR) is 122 cm³/mol. The number of hydrogen-bond acceptors (Lipinski definition) is 5. The molecule has 6 nitrogen and oxygen atoms in total. The minimum atomic E-state index is -0.466. The second kappa shape index (κ2) is 8.26. The first kappa shape index (κ1) is 20.5. The Labute approximate surface area is 187 Å². The molecule has 3 fully saturated rings. The van der Waals surface area contributed by atoms with Crippen LogP contribution in [0.3, 0.4) is 0 Å². The van der Waals surface area contributed by atoms with Gasteiger partial charge >= 0.3 is 0 Å². The molecule has 2 amide bonds. The molecule has 2 aromatic heterocycles. The van der Waals surface area contributed by atoms with Gasteiger partial charge in [-0.3, -0.25) is 9.59 Å². The quantitative estimate of drug-likeness (QED) is 0.778. The molecule has 0 radical (unpaired) electrons. The zero-order chi connectivity index (χ0) is 21.4. The van der Waals surface area contributed by atoms with Gasteiger partial charge in [-0.1, -0.05) is 6.07 Å². The summed E-state index contributed by atoms with van der Waals surface area (Å²) in [7, 11) is 0. The van der Waals surface area contributed by atoms with Crippen molar-refractivity contribution >= 4 is 29.0 Å². The Hall–Kier alpha value is -2.41. The number of aryl methyl sites for hydroxylation is 1. The summed E-state index contributed by atoms with van der Waals surface area (Å²) in [6.45, 7) is 5.54. The van der Waals surface area contributed by atoms with Crippen molar-refractivity contribution in [2.75, 3.05) is 37.6 Å². The number of nitrogens with one attached hydrogen (secondary N) is 1. The first-order valence-electron chi connectivity index (χ1n) is 11.3. The molecule has 0 bridgehead atoms. The van der Waals surface area contributed by atoms with Crippen LogP contribution >= 0.6 is 11.3 Å². The summed E-state index contributed by atoms with van der Waals surface area (Å²) in [5.74, 6) is 1.94. The van der Waals surface area contributed by atoms with Gasteiger partial charge in [-0.2, -0.15) is 0 Å². The highest BCUT2D eigenvalue weighted by Crippen LogP contribution is 2.44. The first-order valence-corrected chi connectivity index (χ1v) is 12.2. The fraction of sp³-hybridized carbons (Fsp3) is 0.542. The molecule has 2 saturated heterocycles. The fourth-order valence-corrected chi connectivity index (χ4v) is 6.07. The van der Waals surface area contributed by atoms with Gasteiger partial charge < -0.3 is 15.1 Å². The second-order valence-electron chi connectivity index (χ2n) is 9.36. The number of amides is 2. The van der Waals surface area contributed by atoms with Gasteiger partial charge in [0.05, 0.1) is 10.3 Å². The first-order chi connectivity index (χ1) is 15.1. The molecule has 0 aromatic carbocycles. The van der Waals surface area contributed by atoms with Gasteiger partial charge in [0.15, 0.2) is 0 Å². The topological polar surface area (TPSA) is 65.5 Å². The lowest BCUT2D eigenvalue weighted by Gasteiger charge is -2.32. The number of nitrogens with zero attached hydrogens (tertiary/aromatic N) is 3. The Balaban J connectivity index is 1.41. The Morgan fingerprint density at radius 1 is 1.26 bits per heavy atom. The monoisotopic (exact) mass is 438 g/mol. The van der Waals surface area contributed by atoms with Crippen molar-refractivity contribution in [2.24, 2.45) is 17.3 Å². The summed E-state index contributed by atoms with van der Waals surface area (Å²) in [6.07, 6.45) is 5.90. The van der Waals surface area contributed by atoms with Crippen molar-refractivity contribution in [1.29, 1.82) is 0 Å². The van der Waals surface area contributed by atoms with E-state index in [0.29, 0.717) is 25.6 Å². The van der Waals surface area contributed by atoms with Crippen molar-refractivity contribution in [3.8, 4) is 0 Å². The average Bonchev–Trinajstić information content (AvgIpc) is 3.46. The molecular weight excluding hydrogens is 408 g/mol. The molecule has 0 unspecified atom stereocenters. The maximum Gasteiger partial charge on any atom is 0.264 e. The van der Waals surface area contributed by atoms with E-state index in [1.54, 1.807) is 6.20 Å². The minimum Gasteiger partial charge on any atom is -0.355 e. The number of pyridine rings is 1. The standard InChI is InChI=1S/C24H30N4O2S/c1-17-8-12-31-21(17)22(29)27-11-4-9-24(23(30)26-13-18-6-7-18)16-28(15-19(24)14-27)20-5-2-3-10-25-20/h2-3,5,8,10,12,18-19H,4,6-7,9,11,13-16H2,1H3,(H,26,30)/t19-,24-/m1/s1. The fourth-order valence-electron chi connectivity index (χ4n) is 5.17. The molecule has 2 atom stereocenters. The normalized spacial score (nSPS) is 25.8. The molecule has 0 spiro atoms. The highest BCUT2D eigenvalue weighted by molar-refractivity contribution is 7.12. The lowest BCUT2D eigenvalue weighted by Crippen LogP contribution is -2.48. The zero-order valence-corrected chi connectivity index (χ0v) is 18.9. The van der Waals surface area contributed by atoms with Crippen LogP contribution in [0.1, 0.15) is 40.9 Å². The minimum absolute atomic E-state index is 0.0976. The third-order valence-electron chi connectivity index (χ3n) is 7.20. The number of likely N-dealkylation sites (tertiary alicyclic amines) is 1. The third-order valence-corrected chi connectivity index (χ3v) is 8.21. The van der Waals surface area contributed by atoms with Gasteiger partial charge in [0.2, 0.25) is 5.91 Å². The number of hydrogen-bond donors (Lipinski definition) is 1. The van der Waals surface area contributed by atoms with E-state index in [0.717, 1.165) is 42.2 Å². The van der Waals surface area contributed by atoms with Crippen LogP contribution in [0, 0.1) is 24.2 Å². The van der Waals surface area contributed by atoms with Crippen LogP contribution in [0.4, 0.5) is 5.82 Å². The molecule has 164 valence electrons. The van der Waals surface area contributed by atoms with Crippen LogP contribution in [-0.4, -0.2) is 54.4 Å². The summed E-state index contributed by atoms with van der Waals surface area (Å²) in [5.41, 5.74) is 0.570. The molecule has 2 aliphatic heterocycles. The van der Waals surface area contributed by atoms with Crippen LogP contribution in [0.25, 0.3) is 0 Å². The molecule has 31 heavy (non-hydrogen) atoms. The summed E-state index contributed by atoms with van der Waals surface area (Å²) in [5, 5.41) is 5.25. The van der Waals surface area contributed by atoms with Gasteiger partial charge in [-0.05, 0) is 67.7 Å². The van der Waals surface area contributed by atoms with E-state index in [-0.39, 0.29) is 17.7 Å². The summed E-state index contributed by atoms with van der Waals surface area (Å²) < 4.78 is 0. The number of aromatic nitrogens is 1. The van der Waals surface area contributed by atoms with Crippen molar-refractivity contribution in [3.63, 3.8) is 0 Å². The zero-order valence-electron chi connectivity index (χ0n) is 18.0. The highest BCUT2D eigenvalue weighted by atomic mass is 32.1. The summed E-state index contributed by atoms with van der Waals surface area (Å²) >= 11 is 1.51. The van der Waals surface area contributed by atoms with Crippen LogP contribution in [0.2, 0.25) is 0 Å². The lowest BCUT2D eigenvalue weighted by atomic mass is 9.74. The van der Waals surface area contributed by atoms with Gasteiger partial charge in [0.25, 0.3) is 5.91 Å². The van der Waals surface area contributed by atoms with Crippen LogP contribution in [0.15, 0.2) is 35.8 Å². The SMILES string of the molecule is Cc1ccsc1C(=O)N1CCC[C@@]2(C(=O)NCC3CC3)CN(c3ccccn3)C[C@H]2C1. The Morgan fingerprint density at radius 3 is 2.84 bits per heavy atom. The van der Waals surface area contributed by atoms with Crippen LogP contribution in [-0.2, 0) is 4.79 Å². The van der Waals surface area contributed by atoms with Crippen molar-refractivity contribution in [2.45, 2.75) is 32.6 Å². The number of rotatable bonds is 5. The summed E-state index contributed by atoms with van der Waals surface area (Å²) in [4.78, 5) is 36.4. The van der Waals surface area contributed by atoms with E-state index in [9.17, 15) is 9.59 Å². The molecule has 4 heterocycles. The van der Waals surface area contributed by atoms with Crippen molar-refractivity contribution < 1.29 is 9.59 Å². The maximum absolute atomic E-state index is 13.6. The van der Waals surface area contributed by atoms with Crippen LogP contribution in [0.5, 0.6) is 0 Å². The van der Waals surface area contributed by atoms with Gasteiger partial charge in [0.1, 0.15) is 5.82 Å². The number of carbonyl (C=O) groups excluding carboxylic acids is 2. The van der Waals surface area contributed by atoms with E-state index in [2.05, 4.69) is 15.2 Å². The lowest BCUT2D eigenvalue weighted by molar-refractivity contribution is -0.132. The van der Waals surface area contributed by atoms with Gasteiger partial charge in [-0.15, -0.1) is 11.3 Å². The molecule has 7 heteroatoms. The molecule has 2 aromatic rings.